The van der Waals surface area contributed by atoms with E-state index in [1.54, 1.807) is 0 Å². The lowest BCUT2D eigenvalue weighted by atomic mass is 9.93. The Morgan fingerprint density at radius 2 is 2.12 bits per heavy atom. The standard InChI is InChI=1S/C20H25NO3/c1-20(2,3)24-19(22)21-16-5-6-17(21)12-15(11-16)13-4-7-18-14(10-13)8-9-23-18/h4,7,10-11,16-17H,5-6,8-9,12H2,1-3H3. The molecule has 2 atom stereocenters. The van der Waals surface area contributed by atoms with Gasteiger partial charge >= 0.3 is 6.09 Å². The van der Waals surface area contributed by atoms with E-state index in [1.807, 2.05) is 25.7 Å². The summed E-state index contributed by atoms with van der Waals surface area (Å²) < 4.78 is 11.2. The average Bonchev–Trinajstić information content (AvgIpc) is 3.07. The quantitative estimate of drug-likeness (QED) is 0.777. The maximum atomic E-state index is 12.5. The summed E-state index contributed by atoms with van der Waals surface area (Å²) in [5.74, 6) is 1.02. The van der Waals surface area contributed by atoms with Gasteiger partial charge < -0.3 is 9.47 Å². The van der Waals surface area contributed by atoms with E-state index >= 15 is 0 Å². The van der Waals surface area contributed by atoms with Crippen LogP contribution in [0.1, 0.15) is 51.2 Å². The zero-order valence-corrected chi connectivity index (χ0v) is 14.7. The number of carbonyl (C=O) groups excluding carboxylic acids is 1. The lowest BCUT2D eigenvalue weighted by Gasteiger charge is -2.35. The van der Waals surface area contributed by atoms with Crippen molar-refractivity contribution >= 4 is 11.7 Å². The number of benzene rings is 1. The first-order valence-corrected chi connectivity index (χ1v) is 8.89. The molecule has 0 aliphatic carbocycles. The molecule has 0 spiro atoms. The Bertz CT molecular complexity index is 701. The molecule has 4 rings (SSSR count). The molecule has 3 aliphatic rings. The molecule has 4 nitrogen and oxygen atoms in total. The predicted octanol–water partition coefficient (Wildman–Crippen LogP) is 4.18. The molecular formula is C20H25NO3. The molecule has 1 fully saturated rings. The van der Waals surface area contributed by atoms with Crippen molar-refractivity contribution in [3.05, 3.63) is 35.4 Å². The smallest absolute Gasteiger partial charge is 0.411 e. The van der Waals surface area contributed by atoms with E-state index in [-0.39, 0.29) is 18.2 Å². The monoisotopic (exact) mass is 327 g/mol. The molecule has 2 unspecified atom stereocenters. The van der Waals surface area contributed by atoms with Crippen LogP contribution in [0.4, 0.5) is 4.79 Å². The molecule has 1 saturated heterocycles. The van der Waals surface area contributed by atoms with Gasteiger partial charge in [-0.3, -0.25) is 4.90 Å². The second-order valence-corrected chi connectivity index (χ2v) is 8.00. The first-order chi connectivity index (χ1) is 11.4. The molecular weight excluding hydrogens is 302 g/mol. The Kier molecular flexibility index (Phi) is 3.59. The molecule has 24 heavy (non-hydrogen) atoms. The van der Waals surface area contributed by atoms with Gasteiger partial charge in [0.2, 0.25) is 0 Å². The van der Waals surface area contributed by atoms with Crippen LogP contribution in [0.2, 0.25) is 0 Å². The Labute approximate surface area is 143 Å². The largest absolute Gasteiger partial charge is 0.493 e. The summed E-state index contributed by atoms with van der Waals surface area (Å²) in [6.07, 6.45) is 6.08. The molecule has 2 bridgehead atoms. The van der Waals surface area contributed by atoms with Crippen molar-refractivity contribution < 1.29 is 14.3 Å². The van der Waals surface area contributed by atoms with Crippen LogP contribution in [0.15, 0.2) is 24.3 Å². The van der Waals surface area contributed by atoms with Crippen LogP contribution in [0, 0.1) is 0 Å². The van der Waals surface area contributed by atoms with E-state index in [1.165, 1.54) is 16.7 Å². The number of rotatable bonds is 1. The van der Waals surface area contributed by atoms with E-state index in [2.05, 4.69) is 24.3 Å². The minimum Gasteiger partial charge on any atom is -0.493 e. The van der Waals surface area contributed by atoms with Crippen molar-refractivity contribution in [2.75, 3.05) is 6.61 Å². The number of nitrogens with zero attached hydrogens (tertiary/aromatic N) is 1. The maximum Gasteiger partial charge on any atom is 0.411 e. The molecule has 1 aromatic carbocycles. The highest BCUT2D eigenvalue weighted by Crippen LogP contribution is 2.40. The first kappa shape index (κ1) is 15.6. The third-order valence-corrected chi connectivity index (χ3v) is 5.06. The van der Waals surface area contributed by atoms with Crippen molar-refractivity contribution in [3.8, 4) is 5.75 Å². The van der Waals surface area contributed by atoms with Crippen molar-refractivity contribution in [1.82, 2.24) is 4.90 Å². The summed E-state index contributed by atoms with van der Waals surface area (Å²) in [5, 5.41) is 0. The van der Waals surface area contributed by atoms with Gasteiger partial charge in [-0.15, -0.1) is 0 Å². The van der Waals surface area contributed by atoms with E-state index in [0.29, 0.717) is 0 Å². The number of carbonyl (C=O) groups is 1. The third-order valence-electron chi connectivity index (χ3n) is 5.06. The van der Waals surface area contributed by atoms with Gasteiger partial charge in [0, 0.05) is 12.5 Å². The second-order valence-electron chi connectivity index (χ2n) is 8.00. The second kappa shape index (κ2) is 5.54. The van der Waals surface area contributed by atoms with Gasteiger partial charge in [0.1, 0.15) is 11.4 Å². The molecule has 0 saturated carbocycles. The number of hydrogen-bond donors (Lipinski definition) is 0. The number of ether oxygens (including phenoxy) is 2. The van der Waals surface area contributed by atoms with Gasteiger partial charge in [0.15, 0.2) is 0 Å². The van der Waals surface area contributed by atoms with Crippen molar-refractivity contribution in [1.29, 1.82) is 0 Å². The Balaban J connectivity index is 1.57. The normalized spacial score (nSPS) is 25.1. The highest BCUT2D eigenvalue weighted by Gasteiger charge is 2.41. The van der Waals surface area contributed by atoms with Crippen molar-refractivity contribution in [2.45, 2.75) is 64.1 Å². The van der Waals surface area contributed by atoms with Gasteiger partial charge in [-0.2, -0.15) is 0 Å². The average molecular weight is 327 g/mol. The highest BCUT2D eigenvalue weighted by molar-refractivity contribution is 5.75. The summed E-state index contributed by atoms with van der Waals surface area (Å²) in [4.78, 5) is 14.5. The predicted molar refractivity (Wildman–Crippen MR) is 93.1 cm³/mol. The fourth-order valence-corrected chi connectivity index (χ4v) is 4.03. The van der Waals surface area contributed by atoms with Crippen LogP contribution >= 0.6 is 0 Å². The minimum atomic E-state index is -0.444. The molecule has 3 heterocycles. The van der Waals surface area contributed by atoms with E-state index in [0.717, 1.165) is 38.0 Å². The highest BCUT2D eigenvalue weighted by atomic mass is 16.6. The zero-order valence-electron chi connectivity index (χ0n) is 14.7. The SMILES string of the molecule is CC(C)(C)OC(=O)N1C2C=C(c3ccc4c(c3)CCO4)CC1CC2. The van der Waals surface area contributed by atoms with E-state index in [4.69, 9.17) is 9.47 Å². The van der Waals surface area contributed by atoms with Crippen LogP contribution in [0.3, 0.4) is 0 Å². The summed E-state index contributed by atoms with van der Waals surface area (Å²) in [5.41, 5.74) is 3.49. The molecule has 1 amide bonds. The van der Waals surface area contributed by atoms with Crippen LogP contribution in [-0.2, 0) is 11.2 Å². The first-order valence-electron chi connectivity index (χ1n) is 8.89. The summed E-state index contributed by atoms with van der Waals surface area (Å²) in [7, 11) is 0. The zero-order chi connectivity index (χ0) is 16.9. The van der Waals surface area contributed by atoms with Crippen LogP contribution in [-0.4, -0.2) is 35.3 Å². The molecule has 0 aromatic heterocycles. The molecule has 128 valence electrons. The topological polar surface area (TPSA) is 38.8 Å². The summed E-state index contributed by atoms with van der Waals surface area (Å²) in [6.45, 7) is 6.55. The van der Waals surface area contributed by atoms with Crippen LogP contribution < -0.4 is 4.74 Å². The van der Waals surface area contributed by atoms with Gasteiger partial charge in [0.25, 0.3) is 0 Å². The lowest BCUT2D eigenvalue weighted by molar-refractivity contribution is 0.0175. The van der Waals surface area contributed by atoms with Crippen molar-refractivity contribution in [3.63, 3.8) is 0 Å². The Morgan fingerprint density at radius 1 is 1.29 bits per heavy atom. The fraction of sp³-hybridized carbons (Fsp3) is 0.550. The molecule has 0 N–H and O–H groups in total. The maximum absolute atomic E-state index is 12.5. The van der Waals surface area contributed by atoms with Gasteiger partial charge in [-0.05, 0) is 68.9 Å². The number of fused-ring (bicyclic) bond motifs is 3. The summed E-state index contributed by atoms with van der Waals surface area (Å²) in [6, 6.07) is 6.92. The Morgan fingerprint density at radius 3 is 2.88 bits per heavy atom. The van der Waals surface area contributed by atoms with Gasteiger partial charge in [-0.25, -0.2) is 4.79 Å². The molecule has 4 heteroatoms. The van der Waals surface area contributed by atoms with E-state index < -0.39 is 5.60 Å². The molecule has 3 aliphatic heterocycles. The third kappa shape index (κ3) is 2.79. The minimum absolute atomic E-state index is 0.165. The molecule has 1 aromatic rings. The number of amides is 1. The van der Waals surface area contributed by atoms with Gasteiger partial charge in [0.05, 0.1) is 12.6 Å². The van der Waals surface area contributed by atoms with E-state index in [9.17, 15) is 4.79 Å². The molecule has 0 radical (unpaired) electrons. The van der Waals surface area contributed by atoms with Crippen LogP contribution in [0.5, 0.6) is 5.75 Å². The van der Waals surface area contributed by atoms with Gasteiger partial charge in [-0.1, -0.05) is 12.1 Å². The lowest BCUT2D eigenvalue weighted by Crippen LogP contribution is -2.45. The summed E-state index contributed by atoms with van der Waals surface area (Å²) >= 11 is 0. The Hall–Kier alpha value is -1.97. The number of hydrogen-bond acceptors (Lipinski definition) is 3. The fourth-order valence-electron chi connectivity index (χ4n) is 4.03. The van der Waals surface area contributed by atoms with Crippen LogP contribution in [0.25, 0.3) is 5.57 Å². The van der Waals surface area contributed by atoms with Crippen molar-refractivity contribution in [2.24, 2.45) is 0 Å².